The van der Waals surface area contributed by atoms with Crippen LogP contribution in [0.15, 0.2) is 24.3 Å². The van der Waals surface area contributed by atoms with Crippen molar-refractivity contribution < 1.29 is 13.9 Å². The summed E-state index contributed by atoms with van der Waals surface area (Å²) in [6, 6.07) is 6.78. The quantitative estimate of drug-likeness (QED) is 0.829. The molecule has 1 saturated carbocycles. The van der Waals surface area contributed by atoms with E-state index in [1.807, 2.05) is 6.07 Å². The zero-order valence-electron chi connectivity index (χ0n) is 11.8. The molecule has 2 fully saturated rings. The summed E-state index contributed by atoms with van der Waals surface area (Å²) in [6.07, 6.45) is 2.13. The van der Waals surface area contributed by atoms with E-state index in [2.05, 4.69) is 20.8 Å². The monoisotopic (exact) mass is 264 g/mol. The number of rotatable bonds is 3. The van der Waals surface area contributed by atoms with Gasteiger partial charge in [-0.2, -0.15) is 0 Å². The van der Waals surface area contributed by atoms with Crippen molar-refractivity contribution in [2.45, 2.75) is 57.5 Å². The summed E-state index contributed by atoms with van der Waals surface area (Å²) in [5.41, 5.74) is 0.361. The summed E-state index contributed by atoms with van der Waals surface area (Å²) in [5.74, 6) is 0.347. The van der Waals surface area contributed by atoms with Crippen molar-refractivity contribution in [3.05, 3.63) is 35.6 Å². The van der Waals surface area contributed by atoms with E-state index in [0.29, 0.717) is 18.1 Å². The van der Waals surface area contributed by atoms with Crippen LogP contribution in [0.5, 0.6) is 0 Å². The van der Waals surface area contributed by atoms with E-state index < -0.39 is 0 Å². The summed E-state index contributed by atoms with van der Waals surface area (Å²) in [5, 5.41) is 0. The molecular weight excluding hydrogens is 243 g/mol. The summed E-state index contributed by atoms with van der Waals surface area (Å²) in [7, 11) is 0. The van der Waals surface area contributed by atoms with E-state index >= 15 is 0 Å². The largest absolute Gasteiger partial charge is 0.370 e. The number of hydrogen-bond donors (Lipinski definition) is 0. The first-order valence-corrected chi connectivity index (χ1v) is 6.96. The van der Waals surface area contributed by atoms with Gasteiger partial charge >= 0.3 is 0 Å². The Morgan fingerprint density at radius 3 is 2.63 bits per heavy atom. The lowest BCUT2D eigenvalue weighted by molar-refractivity contribution is -0.185. The second-order valence-corrected chi connectivity index (χ2v) is 6.55. The van der Waals surface area contributed by atoms with Crippen molar-refractivity contribution in [1.82, 2.24) is 0 Å². The summed E-state index contributed by atoms with van der Waals surface area (Å²) >= 11 is 0. The van der Waals surface area contributed by atoms with E-state index in [1.54, 1.807) is 12.1 Å². The molecule has 0 amide bonds. The van der Waals surface area contributed by atoms with Crippen molar-refractivity contribution in [1.29, 1.82) is 0 Å². The van der Waals surface area contributed by atoms with Crippen LogP contribution in [0.3, 0.4) is 0 Å². The summed E-state index contributed by atoms with van der Waals surface area (Å²) in [4.78, 5) is 0. The fourth-order valence-electron chi connectivity index (χ4n) is 3.58. The summed E-state index contributed by atoms with van der Waals surface area (Å²) < 4.78 is 25.6. The van der Waals surface area contributed by atoms with Crippen LogP contribution in [0.1, 0.15) is 39.2 Å². The Hall–Kier alpha value is -0.930. The molecule has 1 aromatic rings. The van der Waals surface area contributed by atoms with Crippen LogP contribution < -0.4 is 0 Å². The fraction of sp³-hybridized carbons (Fsp3) is 0.625. The Bertz CT molecular complexity index is 485. The van der Waals surface area contributed by atoms with Crippen LogP contribution in [0.2, 0.25) is 0 Å². The Morgan fingerprint density at radius 2 is 2.05 bits per heavy atom. The van der Waals surface area contributed by atoms with Crippen LogP contribution in [-0.2, 0) is 16.1 Å². The van der Waals surface area contributed by atoms with Crippen molar-refractivity contribution in [3.63, 3.8) is 0 Å². The van der Waals surface area contributed by atoms with Crippen LogP contribution >= 0.6 is 0 Å². The molecule has 1 aliphatic heterocycles. The van der Waals surface area contributed by atoms with Gasteiger partial charge in [0.05, 0.1) is 23.9 Å². The molecule has 2 aliphatic rings. The van der Waals surface area contributed by atoms with Gasteiger partial charge in [0.15, 0.2) is 0 Å². The minimum atomic E-state index is -0.209. The molecule has 1 aliphatic carbocycles. The second-order valence-electron chi connectivity index (χ2n) is 6.55. The molecule has 3 heteroatoms. The van der Waals surface area contributed by atoms with E-state index in [9.17, 15) is 4.39 Å². The molecule has 1 heterocycles. The number of hydrogen-bond acceptors (Lipinski definition) is 2. The molecular formula is C16H21FO2. The van der Waals surface area contributed by atoms with Crippen molar-refractivity contribution >= 4 is 0 Å². The van der Waals surface area contributed by atoms with Gasteiger partial charge in [0.1, 0.15) is 5.82 Å². The lowest BCUT2D eigenvalue weighted by atomic mass is 9.90. The normalized spacial score (nSPS) is 35.8. The van der Waals surface area contributed by atoms with Gasteiger partial charge in [-0.25, -0.2) is 4.39 Å². The molecule has 104 valence electrons. The molecule has 0 N–H and O–H groups in total. The van der Waals surface area contributed by atoms with Gasteiger partial charge in [-0.15, -0.1) is 0 Å². The maximum atomic E-state index is 13.6. The Balaban J connectivity index is 1.66. The van der Waals surface area contributed by atoms with Gasteiger partial charge in [0.25, 0.3) is 0 Å². The Morgan fingerprint density at radius 1 is 1.32 bits per heavy atom. The van der Waals surface area contributed by atoms with E-state index in [4.69, 9.17) is 9.47 Å². The number of ether oxygens (including phenoxy) is 2. The molecule has 2 bridgehead atoms. The van der Waals surface area contributed by atoms with E-state index in [0.717, 1.165) is 12.8 Å². The van der Waals surface area contributed by atoms with Gasteiger partial charge in [0.2, 0.25) is 0 Å². The lowest BCUT2D eigenvalue weighted by Gasteiger charge is -2.39. The highest BCUT2D eigenvalue weighted by Gasteiger charge is 2.59. The standard InChI is InChI=1S/C16H21FO2/c1-15(2)12-8-14(16(3,9-12)19-15)18-10-11-6-4-5-7-13(11)17/h4-7,12,14H,8-10H2,1-3H3. The third kappa shape index (κ3) is 2.19. The highest BCUT2D eigenvalue weighted by Crippen LogP contribution is 2.54. The highest BCUT2D eigenvalue weighted by molar-refractivity contribution is 5.16. The van der Waals surface area contributed by atoms with Crippen LogP contribution in [-0.4, -0.2) is 17.3 Å². The van der Waals surface area contributed by atoms with Crippen LogP contribution in [0.25, 0.3) is 0 Å². The highest BCUT2D eigenvalue weighted by atomic mass is 19.1. The molecule has 3 rings (SSSR count). The molecule has 0 radical (unpaired) electrons. The Kier molecular flexibility index (Phi) is 2.95. The SMILES string of the molecule is CC1(C)OC2(C)CC1CC2OCc1ccccc1F. The smallest absolute Gasteiger partial charge is 0.128 e. The van der Waals surface area contributed by atoms with Gasteiger partial charge in [-0.3, -0.25) is 0 Å². The maximum absolute atomic E-state index is 13.6. The molecule has 3 atom stereocenters. The minimum absolute atomic E-state index is 0.0490. The molecule has 19 heavy (non-hydrogen) atoms. The molecule has 1 saturated heterocycles. The molecule has 1 aromatic carbocycles. The zero-order valence-corrected chi connectivity index (χ0v) is 11.8. The van der Waals surface area contributed by atoms with Gasteiger partial charge in [0, 0.05) is 5.56 Å². The zero-order chi connectivity index (χ0) is 13.7. The molecule has 0 aromatic heterocycles. The molecule has 2 nitrogen and oxygen atoms in total. The van der Waals surface area contributed by atoms with Crippen molar-refractivity contribution in [2.24, 2.45) is 5.92 Å². The number of benzene rings is 1. The first-order chi connectivity index (χ1) is 8.91. The predicted octanol–water partition coefficient (Wildman–Crippen LogP) is 3.69. The van der Waals surface area contributed by atoms with E-state index in [-0.39, 0.29) is 23.1 Å². The fourth-order valence-corrected chi connectivity index (χ4v) is 3.58. The van der Waals surface area contributed by atoms with Crippen LogP contribution in [0, 0.1) is 11.7 Å². The lowest BCUT2D eigenvalue weighted by Crippen LogP contribution is -2.45. The Labute approximate surface area is 113 Å². The van der Waals surface area contributed by atoms with Crippen molar-refractivity contribution in [3.8, 4) is 0 Å². The average molecular weight is 264 g/mol. The van der Waals surface area contributed by atoms with Crippen LogP contribution in [0.4, 0.5) is 4.39 Å². The third-order valence-electron chi connectivity index (χ3n) is 4.71. The van der Waals surface area contributed by atoms with Gasteiger partial charge in [-0.05, 0) is 45.6 Å². The molecule has 0 spiro atoms. The second kappa shape index (κ2) is 4.29. The third-order valence-corrected chi connectivity index (χ3v) is 4.71. The minimum Gasteiger partial charge on any atom is -0.370 e. The first-order valence-electron chi connectivity index (χ1n) is 6.96. The summed E-state index contributed by atoms with van der Waals surface area (Å²) in [6.45, 7) is 6.74. The average Bonchev–Trinajstić information content (AvgIpc) is 2.76. The molecule has 3 unspecified atom stereocenters. The number of fused-ring (bicyclic) bond motifs is 2. The van der Waals surface area contributed by atoms with Crippen molar-refractivity contribution in [2.75, 3.05) is 0 Å². The maximum Gasteiger partial charge on any atom is 0.128 e. The van der Waals surface area contributed by atoms with Gasteiger partial charge in [-0.1, -0.05) is 18.2 Å². The van der Waals surface area contributed by atoms with Gasteiger partial charge < -0.3 is 9.47 Å². The first kappa shape index (κ1) is 13.1. The number of halogens is 1. The predicted molar refractivity (Wildman–Crippen MR) is 71.3 cm³/mol. The topological polar surface area (TPSA) is 18.5 Å². The van der Waals surface area contributed by atoms with E-state index in [1.165, 1.54) is 6.07 Å².